The second kappa shape index (κ2) is 4.72. The molecular weight excluding hydrogens is 180 g/mol. The highest BCUT2D eigenvalue weighted by atomic mass is 16.3. The van der Waals surface area contributed by atoms with Gasteiger partial charge in [0.15, 0.2) is 0 Å². The van der Waals surface area contributed by atoms with E-state index in [0.717, 1.165) is 5.56 Å². The zero-order valence-electron chi connectivity index (χ0n) is 8.32. The second-order valence-corrected chi connectivity index (χ2v) is 3.31. The van der Waals surface area contributed by atoms with Gasteiger partial charge in [-0.3, -0.25) is 9.78 Å². The van der Waals surface area contributed by atoms with Crippen molar-refractivity contribution in [1.29, 1.82) is 0 Å². The van der Waals surface area contributed by atoms with Gasteiger partial charge in [-0.05, 0) is 25.5 Å². The molecule has 1 aromatic rings. The summed E-state index contributed by atoms with van der Waals surface area (Å²) in [4.78, 5) is 15.3. The third kappa shape index (κ3) is 3.14. The smallest absolute Gasteiger partial charge is 0.252 e. The molecule has 1 amide bonds. The fourth-order valence-electron chi connectivity index (χ4n) is 1.02. The molecule has 1 unspecified atom stereocenters. The van der Waals surface area contributed by atoms with Crippen LogP contribution in [-0.2, 0) is 0 Å². The Balaban J connectivity index is 2.61. The minimum Gasteiger partial charge on any atom is -0.392 e. The molecule has 1 heterocycles. The van der Waals surface area contributed by atoms with Crippen molar-refractivity contribution in [2.45, 2.75) is 20.0 Å². The van der Waals surface area contributed by atoms with Gasteiger partial charge in [0.05, 0.1) is 11.7 Å². The van der Waals surface area contributed by atoms with Crippen molar-refractivity contribution in [3.8, 4) is 0 Å². The minimum atomic E-state index is -0.531. The molecule has 0 radical (unpaired) electrons. The van der Waals surface area contributed by atoms with E-state index in [1.54, 1.807) is 19.2 Å². The van der Waals surface area contributed by atoms with E-state index in [9.17, 15) is 4.79 Å². The number of carbonyl (C=O) groups excluding carboxylic acids is 1. The van der Waals surface area contributed by atoms with Crippen molar-refractivity contribution in [2.24, 2.45) is 0 Å². The summed E-state index contributed by atoms with van der Waals surface area (Å²) in [5.41, 5.74) is 1.46. The maximum absolute atomic E-state index is 11.4. The first-order valence-corrected chi connectivity index (χ1v) is 4.47. The number of pyridine rings is 1. The van der Waals surface area contributed by atoms with Crippen LogP contribution in [0, 0.1) is 6.92 Å². The van der Waals surface area contributed by atoms with Crippen LogP contribution < -0.4 is 5.32 Å². The predicted octanol–water partition coefficient (Wildman–Crippen LogP) is 0.501. The fraction of sp³-hybridized carbons (Fsp3) is 0.400. The Morgan fingerprint density at radius 3 is 2.93 bits per heavy atom. The van der Waals surface area contributed by atoms with Gasteiger partial charge in [0.1, 0.15) is 0 Å². The Labute approximate surface area is 83.0 Å². The van der Waals surface area contributed by atoms with Crippen molar-refractivity contribution in [1.82, 2.24) is 10.3 Å². The van der Waals surface area contributed by atoms with Crippen LogP contribution in [0.25, 0.3) is 0 Å². The van der Waals surface area contributed by atoms with Crippen LogP contribution in [0.4, 0.5) is 0 Å². The molecule has 1 aromatic heterocycles. The molecule has 0 saturated heterocycles. The van der Waals surface area contributed by atoms with Crippen molar-refractivity contribution in [3.05, 3.63) is 29.6 Å². The van der Waals surface area contributed by atoms with Crippen molar-refractivity contribution in [3.63, 3.8) is 0 Å². The van der Waals surface area contributed by atoms with Gasteiger partial charge in [0.25, 0.3) is 5.91 Å². The molecule has 1 atom stereocenters. The molecule has 2 N–H and O–H groups in total. The van der Waals surface area contributed by atoms with E-state index in [1.165, 1.54) is 6.20 Å². The van der Waals surface area contributed by atoms with E-state index >= 15 is 0 Å². The van der Waals surface area contributed by atoms with Gasteiger partial charge >= 0.3 is 0 Å². The number of aliphatic hydroxyl groups excluding tert-OH is 1. The zero-order valence-corrected chi connectivity index (χ0v) is 8.32. The molecule has 0 aliphatic heterocycles. The quantitative estimate of drug-likeness (QED) is 0.736. The molecule has 0 saturated carbocycles. The first-order chi connectivity index (χ1) is 6.59. The van der Waals surface area contributed by atoms with Gasteiger partial charge in [-0.25, -0.2) is 0 Å². The van der Waals surface area contributed by atoms with E-state index in [-0.39, 0.29) is 12.5 Å². The minimum absolute atomic E-state index is 0.206. The molecule has 4 heteroatoms. The van der Waals surface area contributed by atoms with Gasteiger partial charge in [-0.15, -0.1) is 0 Å². The van der Waals surface area contributed by atoms with Crippen LogP contribution in [0.3, 0.4) is 0 Å². The largest absolute Gasteiger partial charge is 0.392 e. The number of aliphatic hydroxyl groups is 1. The summed E-state index contributed by atoms with van der Waals surface area (Å²) in [5, 5.41) is 11.6. The lowest BCUT2D eigenvalue weighted by atomic mass is 10.2. The third-order valence-electron chi connectivity index (χ3n) is 1.70. The molecule has 0 spiro atoms. The van der Waals surface area contributed by atoms with E-state index in [4.69, 9.17) is 5.11 Å². The lowest BCUT2D eigenvalue weighted by molar-refractivity contribution is 0.0923. The number of amides is 1. The SMILES string of the molecule is Cc1cncc(C(=O)NCC(C)O)c1. The van der Waals surface area contributed by atoms with Gasteiger partial charge < -0.3 is 10.4 Å². The molecule has 0 bridgehead atoms. The van der Waals surface area contributed by atoms with Crippen LogP contribution in [0.5, 0.6) is 0 Å². The Morgan fingerprint density at radius 1 is 1.64 bits per heavy atom. The average molecular weight is 194 g/mol. The molecule has 4 nitrogen and oxygen atoms in total. The van der Waals surface area contributed by atoms with Crippen molar-refractivity contribution in [2.75, 3.05) is 6.54 Å². The summed E-state index contributed by atoms with van der Waals surface area (Å²) >= 11 is 0. The van der Waals surface area contributed by atoms with Crippen molar-refractivity contribution < 1.29 is 9.90 Å². The number of nitrogens with one attached hydrogen (secondary N) is 1. The average Bonchev–Trinajstić information content (AvgIpc) is 2.14. The number of rotatable bonds is 3. The summed E-state index contributed by atoms with van der Waals surface area (Å²) in [5.74, 6) is -0.206. The first kappa shape index (κ1) is 10.7. The molecule has 0 aliphatic carbocycles. The highest BCUT2D eigenvalue weighted by Gasteiger charge is 2.06. The normalized spacial score (nSPS) is 12.2. The van der Waals surface area contributed by atoms with Gasteiger partial charge in [-0.2, -0.15) is 0 Å². The number of carbonyl (C=O) groups is 1. The summed E-state index contributed by atoms with van der Waals surface area (Å²) in [6.07, 6.45) is 2.66. The Morgan fingerprint density at radius 2 is 2.36 bits per heavy atom. The molecule has 0 aliphatic rings. The molecule has 76 valence electrons. The maximum atomic E-state index is 11.4. The highest BCUT2D eigenvalue weighted by molar-refractivity contribution is 5.93. The van der Waals surface area contributed by atoms with Gasteiger partial charge in [0, 0.05) is 18.9 Å². The summed E-state index contributed by atoms with van der Waals surface area (Å²) < 4.78 is 0. The topological polar surface area (TPSA) is 62.2 Å². The second-order valence-electron chi connectivity index (χ2n) is 3.31. The summed E-state index contributed by atoms with van der Waals surface area (Å²) in [6, 6.07) is 1.75. The monoisotopic (exact) mass is 194 g/mol. The van der Waals surface area contributed by atoms with Crippen LogP contribution in [0.1, 0.15) is 22.8 Å². The number of hydrogen-bond donors (Lipinski definition) is 2. The first-order valence-electron chi connectivity index (χ1n) is 4.47. The standard InChI is InChI=1S/C10H14N2O2/c1-7-3-9(6-11-4-7)10(14)12-5-8(2)13/h3-4,6,8,13H,5H2,1-2H3,(H,12,14). The maximum Gasteiger partial charge on any atom is 0.252 e. The predicted molar refractivity (Wildman–Crippen MR) is 53.0 cm³/mol. The van der Waals surface area contributed by atoms with E-state index in [2.05, 4.69) is 10.3 Å². The highest BCUT2D eigenvalue weighted by Crippen LogP contribution is 2.00. The molecular formula is C10H14N2O2. The van der Waals surface area contributed by atoms with Crippen LogP contribution in [0.2, 0.25) is 0 Å². The summed E-state index contributed by atoms with van der Waals surface area (Å²) in [7, 11) is 0. The summed E-state index contributed by atoms with van der Waals surface area (Å²) in [6.45, 7) is 3.75. The molecule has 1 rings (SSSR count). The molecule has 0 fully saturated rings. The number of nitrogens with zero attached hydrogens (tertiary/aromatic N) is 1. The van der Waals surface area contributed by atoms with Crippen LogP contribution >= 0.6 is 0 Å². The molecule has 14 heavy (non-hydrogen) atoms. The lowest BCUT2D eigenvalue weighted by Gasteiger charge is -2.06. The Kier molecular flexibility index (Phi) is 3.59. The number of aryl methyl sites for hydroxylation is 1. The number of aromatic nitrogens is 1. The van der Waals surface area contributed by atoms with E-state index in [1.807, 2.05) is 6.92 Å². The van der Waals surface area contributed by atoms with Crippen LogP contribution in [0.15, 0.2) is 18.5 Å². The zero-order chi connectivity index (χ0) is 10.6. The van der Waals surface area contributed by atoms with Crippen molar-refractivity contribution >= 4 is 5.91 Å². The third-order valence-corrected chi connectivity index (χ3v) is 1.70. The lowest BCUT2D eigenvalue weighted by Crippen LogP contribution is -2.30. The van der Waals surface area contributed by atoms with E-state index in [0.29, 0.717) is 5.56 Å². The van der Waals surface area contributed by atoms with E-state index < -0.39 is 6.10 Å². The van der Waals surface area contributed by atoms with Gasteiger partial charge in [0.2, 0.25) is 0 Å². The molecule has 0 aromatic carbocycles. The van der Waals surface area contributed by atoms with Crippen LogP contribution in [-0.4, -0.2) is 28.6 Å². The number of hydrogen-bond acceptors (Lipinski definition) is 3. The van der Waals surface area contributed by atoms with Gasteiger partial charge in [-0.1, -0.05) is 0 Å². The Hall–Kier alpha value is -1.42. The Bertz CT molecular complexity index is 324. The fourth-order valence-corrected chi connectivity index (χ4v) is 1.02.